The van der Waals surface area contributed by atoms with Crippen LogP contribution < -0.4 is 20.1 Å². The van der Waals surface area contributed by atoms with Crippen LogP contribution >= 0.6 is 0 Å². The number of rotatable bonds is 11. The Kier molecular flexibility index (Phi) is 8.46. The summed E-state index contributed by atoms with van der Waals surface area (Å²) in [4.78, 5) is 31.6. The molecule has 1 aliphatic carbocycles. The fraction of sp³-hybridized carbons (Fsp3) is 0.433. The van der Waals surface area contributed by atoms with E-state index < -0.39 is 18.2 Å². The lowest BCUT2D eigenvalue weighted by molar-refractivity contribution is -0.133. The maximum absolute atomic E-state index is 13.4. The number of pyridine rings is 1. The summed E-state index contributed by atoms with van der Waals surface area (Å²) >= 11 is 0. The lowest BCUT2D eigenvalue weighted by atomic mass is 10.1. The van der Waals surface area contributed by atoms with Gasteiger partial charge in [-0.25, -0.2) is 9.37 Å². The molecule has 5 rings (SSSR count). The second-order valence-corrected chi connectivity index (χ2v) is 10.5. The van der Waals surface area contributed by atoms with Crippen LogP contribution in [0.15, 0.2) is 48.5 Å². The Labute approximate surface area is 232 Å². The number of ether oxygens (including phenoxy) is 2. The second-order valence-electron chi connectivity index (χ2n) is 10.5. The van der Waals surface area contributed by atoms with Crippen LogP contribution in [0.2, 0.25) is 0 Å². The van der Waals surface area contributed by atoms with E-state index in [2.05, 4.69) is 15.6 Å². The SMILES string of the molecule is COc1ccc(C(C)NC(O)C2CCCN2C(=O)CNC(=O)c2ccc3cc(F)ccc3n2)c(OCC2CC2)c1. The van der Waals surface area contributed by atoms with Gasteiger partial charge in [0.1, 0.15) is 29.2 Å². The van der Waals surface area contributed by atoms with Crippen LogP contribution in [0.4, 0.5) is 4.39 Å². The number of hydrogen-bond donors (Lipinski definition) is 3. The maximum atomic E-state index is 13.4. The Morgan fingerprint density at radius 3 is 2.75 bits per heavy atom. The van der Waals surface area contributed by atoms with E-state index in [0.29, 0.717) is 47.9 Å². The van der Waals surface area contributed by atoms with Gasteiger partial charge in [-0.1, -0.05) is 12.1 Å². The maximum Gasteiger partial charge on any atom is 0.270 e. The molecule has 1 aliphatic heterocycles. The number of hydrogen-bond acceptors (Lipinski definition) is 7. The molecule has 9 nitrogen and oxygen atoms in total. The molecule has 2 amide bonds. The number of benzene rings is 2. The van der Waals surface area contributed by atoms with Gasteiger partial charge in [-0.3, -0.25) is 14.9 Å². The Morgan fingerprint density at radius 1 is 1.15 bits per heavy atom. The normalized spacial score (nSPS) is 18.4. The van der Waals surface area contributed by atoms with Gasteiger partial charge in [0.2, 0.25) is 5.91 Å². The van der Waals surface area contributed by atoms with Crippen molar-refractivity contribution in [3.63, 3.8) is 0 Å². The summed E-state index contributed by atoms with van der Waals surface area (Å²) in [5.41, 5.74) is 1.52. The highest BCUT2D eigenvalue weighted by Crippen LogP contribution is 2.34. The average molecular weight is 551 g/mol. The van der Waals surface area contributed by atoms with Crippen molar-refractivity contribution in [3.8, 4) is 11.5 Å². The van der Waals surface area contributed by atoms with E-state index in [1.807, 2.05) is 25.1 Å². The Balaban J connectivity index is 1.18. The number of carbonyl (C=O) groups is 2. The van der Waals surface area contributed by atoms with Crippen LogP contribution in [0.25, 0.3) is 10.9 Å². The summed E-state index contributed by atoms with van der Waals surface area (Å²) in [6.45, 7) is 2.86. The fourth-order valence-electron chi connectivity index (χ4n) is 5.07. The molecule has 40 heavy (non-hydrogen) atoms. The second kappa shape index (κ2) is 12.2. The molecule has 1 saturated heterocycles. The monoisotopic (exact) mass is 550 g/mol. The molecule has 3 N–H and O–H groups in total. The highest BCUT2D eigenvalue weighted by Gasteiger charge is 2.35. The zero-order chi connectivity index (χ0) is 28.2. The first-order valence-electron chi connectivity index (χ1n) is 13.7. The number of amides is 2. The van der Waals surface area contributed by atoms with Gasteiger partial charge in [-0.2, -0.15) is 0 Å². The van der Waals surface area contributed by atoms with Gasteiger partial charge in [0, 0.05) is 29.6 Å². The molecule has 10 heteroatoms. The third kappa shape index (κ3) is 6.51. The Morgan fingerprint density at radius 2 is 1.98 bits per heavy atom. The molecule has 2 aliphatic rings. The standard InChI is InChI=1S/C30H35FN4O5/c1-18(23-10-9-22(39-2)15-27(23)40-17-19-5-6-19)33-30(38)26-4-3-13-35(26)28(36)16-32-29(37)25-11-7-20-14-21(31)8-12-24(20)34-25/h7-12,14-15,18-19,26,30,33,38H,3-6,13,16-17H2,1-2H3,(H,32,37). The summed E-state index contributed by atoms with van der Waals surface area (Å²) < 4.78 is 24.9. The highest BCUT2D eigenvalue weighted by molar-refractivity contribution is 5.96. The van der Waals surface area contributed by atoms with Crippen molar-refractivity contribution < 1.29 is 28.6 Å². The third-order valence-corrected chi connectivity index (χ3v) is 7.55. The smallest absolute Gasteiger partial charge is 0.270 e. The minimum Gasteiger partial charge on any atom is -0.497 e. The average Bonchev–Trinajstić information content (AvgIpc) is 3.66. The van der Waals surface area contributed by atoms with E-state index in [1.54, 1.807) is 18.1 Å². The molecule has 2 fully saturated rings. The van der Waals surface area contributed by atoms with Gasteiger partial charge in [-0.05, 0) is 68.9 Å². The van der Waals surface area contributed by atoms with Gasteiger partial charge < -0.3 is 24.8 Å². The van der Waals surface area contributed by atoms with Crippen LogP contribution in [0.1, 0.15) is 54.7 Å². The van der Waals surface area contributed by atoms with Crippen molar-refractivity contribution in [1.29, 1.82) is 0 Å². The highest BCUT2D eigenvalue weighted by atomic mass is 19.1. The van der Waals surface area contributed by atoms with Crippen molar-refractivity contribution >= 4 is 22.7 Å². The Hall–Kier alpha value is -3.76. The molecule has 0 radical (unpaired) electrons. The van der Waals surface area contributed by atoms with E-state index in [1.165, 1.54) is 37.1 Å². The number of nitrogens with one attached hydrogen (secondary N) is 2. The van der Waals surface area contributed by atoms with Crippen molar-refractivity contribution in [2.24, 2.45) is 5.92 Å². The predicted molar refractivity (Wildman–Crippen MR) is 148 cm³/mol. The number of nitrogens with zero attached hydrogens (tertiary/aromatic N) is 2. The molecular formula is C30H35FN4O5. The van der Waals surface area contributed by atoms with Crippen LogP contribution in [0, 0.1) is 11.7 Å². The van der Waals surface area contributed by atoms with Gasteiger partial charge >= 0.3 is 0 Å². The van der Waals surface area contributed by atoms with Crippen LogP contribution in [0.3, 0.4) is 0 Å². The minimum absolute atomic E-state index is 0.139. The molecule has 2 aromatic carbocycles. The number of halogens is 1. The van der Waals surface area contributed by atoms with E-state index in [0.717, 1.165) is 12.0 Å². The molecule has 1 aromatic heterocycles. The first-order chi connectivity index (χ1) is 19.3. The topological polar surface area (TPSA) is 113 Å². The quantitative estimate of drug-likeness (QED) is 0.313. The first kappa shape index (κ1) is 27.8. The first-order valence-corrected chi connectivity index (χ1v) is 13.7. The molecule has 0 bridgehead atoms. The summed E-state index contributed by atoms with van der Waals surface area (Å²) in [6, 6.07) is 12.2. The number of aliphatic hydroxyl groups is 1. The lowest BCUT2D eigenvalue weighted by Gasteiger charge is -2.31. The fourth-order valence-corrected chi connectivity index (χ4v) is 5.07. The summed E-state index contributed by atoms with van der Waals surface area (Å²) in [7, 11) is 1.61. The summed E-state index contributed by atoms with van der Waals surface area (Å²) in [6.07, 6.45) is 2.77. The molecule has 0 spiro atoms. The summed E-state index contributed by atoms with van der Waals surface area (Å²) in [5.74, 6) is 0.839. The number of methoxy groups -OCH3 is 1. The van der Waals surface area contributed by atoms with Crippen LogP contribution in [0.5, 0.6) is 11.5 Å². The largest absolute Gasteiger partial charge is 0.497 e. The van der Waals surface area contributed by atoms with Gasteiger partial charge in [0.25, 0.3) is 5.91 Å². The van der Waals surface area contributed by atoms with Gasteiger partial charge in [-0.15, -0.1) is 0 Å². The molecule has 2 heterocycles. The summed E-state index contributed by atoms with van der Waals surface area (Å²) in [5, 5.41) is 17.5. The Bertz CT molecular complexity index is 1380. The number of fused-ring (bicyclic) bond motifs is 1. The van der Waals surface area contributed by atoms with Crippen LogP contribution in [-0.2, 0) is 4.79 Å². The molecule has 212 valence electrons. The van der Waals surface area contributed by atoms with Crippen molar-refractivity contribution in [2.45, 2.75) is 50.9 Å². The van der Waals surface area contributed by atoms with Crippen molar-refractivity contribution in [2.75, 3.05) is 26.8 Å². The van der Waals surface area contributed by atoms with Crippen molar-refractivity contribution in [3.05, 3.63) is 65.6 Å². The van der Waals surface area contributed by atoms with Crippen molar-refractivity contribution in [1.82, 2.24) is 20.5 Å². The zero-order valence-corrected chi connectivity index (χ0v) is 22.7. The molecule has 3 atom stereocenters. The molecule has 3 unspecified atom stereocenters. The van der Waals surface area contributed by atoms with E-state index >= 15 is 0 Å². The number of aliphatic hydroxyl groups excluding tert-OH is 1. The van der Waals surface area contributed by atoms with Gasteiger partial charge in [0.15, 0.2) is 0 Å². The number of likely N-dealkylation sites (tertiary alicyclic amines) is 1. The molecular weight excluding hydrogens is 515 g/mol. The van der Waals surface area contributed by atoms with E-state index in [-0.39, 0.29) is 30.0 Å². The molecule has 1 saturated carbocycles. The van der Waals surface area contributed by atoms with Gasteiger partial charge in [0.05, 0.1) is 31.8 Å². The van der Waals surface area contributed by atoms with Crippen LogP contribution in [-0.4, -0.2) is 65.9 Å². The third-order valence-electron chi connectivity index (χ3n) is 7.55. The zero-order valence-electron chi connectivity index (χ0n) is 22.7. The predicted octanol–water partition coefficient (Wildman–Crippen LogP) is 3.56. The van der Waals surface area contributed by atoms with E-state index in [4.69, 9.17) is 9.47 Å². The minimum atomic E-state index is -0.974. The van der Waals surface area contributed by atoms with E-state index in [9.17, 15) is 19.1 Å². The lowest BCUT2D eigenvalue weighted by Crippen LogP contribution is -2.51. The number of aromatic nitrogens is 1. The number of carbonyl (C=O) groups excluding carboxylic acids is 2. The molecule has 3 aromatic rings.